The van der Waals surface area contributed by atoms with Crippen LogP contribution in [0.3, 0.4) is 0 Å². The monoisotopic (exact) mass is 529 g/mol. The number of pyridine rings is 1. The van der Waals surface area contributed by atoms with Gasteiger partial charge in [-0.3, -0.25) is 9.67 Å². The summed E-state index contributed by atoms with van der Waals surface area (Å²) < 4.78 is 41.8. The van der Waals surface area contributed by atoms with Crippen molar-refractivity contribution in [2.45, 2.75) is 17.7 Å². The Bertz CT molecular complexity index is 1560. The van der Waals surface area contributed by atoms with Crippen LogP contribution >= 0.6 is 23.4 Å². The Morgan fingerprint density at radius 1 is 1.08 bits per heavy atom. The van der Waals surface area contributed by atoms with Crippen molar-refractivity contribution in [1.82, 2.24) is 29.3 Å². The van der Waals surface area contributed by atoms with Crippen LogP contribution in [0.5, 0.6) is 0 Å². The van der Waals surface area contributed by atoms with E-state index >= 15 is 0 Å². The molecule has 5 rings (SSSR count). The summed E-state index contributed by atoms with van der Waals surface area (Å²) in [6, 6.07) is 10.3. The second-order valence-electron chi connectivity index (χ2n) is 8.00. The van der Waals surface area contributed by atoms with Gasteiger partial charge in [-0.1, -0.05) is 17.7 Å². The SMILES string of the molecule is Cn1ccc(-c2nc(N)c(SCCn3ccc(C(F)(F)F)c3)nc2-c2cc(Cl)c3ncccc3c2)n1. The fourth-order valence-electron chi connectivity index (χ4n) is 3.74. The Morgan fingerprint density at radius 2 is 1.92 bits per heavy atom. The summed E-state index contributed by atoms with van der Waals surface area (Å²) in [5, 5.41) is 6.23. The number of nitrogens with two attached hydrogens (primary N) is 1. The normalized spacial score (nSPS) is 11.9. The van der Waals surface area contributed by atoms with Crippen molar-refractivity contribution in [3.8, 4) is 22.6 Å². The van der Waals surface area contributed by atoms with Gasteiger partial charge in [0.1, 0.15) is 16.4 Å². The highest BCUT2D eigenvalue weighted by Crippen LogP contribution is 2.36. The van der Waals surface area contributed by atoms with E-state index in [2.05, 4.69) is 15.1 Å². The Kier molecular flexibility index (Phi) is 6.35. The Balaban J connectivity index is 1.50. The van der Waals surface area contributed by atoms with Crippen LogP contribution in [0.4, 0.5) is 19.0 Å². The van der Waals surface area contributed by atoms with Gasteiger partial charge in [0.05, 0.1) is 21.8 Å². The summed E-state index contributed by atoms with van der Waals surface area (Å²) in [6.07, 6.45) is 1.58. The van der Waals surface area contributed by atoms with E-state index in [1.165, 1.54) is 22.5 Å². The number of rotatable bonds is 6. The lowest BCUT2D eigenvalue weighted by atomic mass is 10.0. The minimum Gasteiger partial charge on any atom is -0.381 e. The third kappa shape index (κ3) is 4.89. The molecule has 0 unspecified atom stereocenters. The van der Waals surface area contributed by atoms with Crippen LogP contribution in [0.2, 0.25) is 5.02 Å². The lowest BCUT2D eigenvalue weighted by molar-refractivity contribution is -0.137. The first-order valence-corrected chi connectivity index (χ1v) is 12.1. The molecule has 184 valence electrons. The number of hydrogen-bond donors (Lipinski definition) is 1. The molecule has 0 aliphatic carbocycles. The van der Waals surface area contributed by atoms with Gasteiger partial charge in [-0.25, -0.2) is 9.97 Å². The van der Waals surface area contributed by atoms with Crippen molar-refractivity contribution in [2.24, 2.45) is 7.05 Å². The van der Waals surface area contributed by atoms with E-state index < -0.39 is 11.7 Å². The number of fused-ring (bicyclic) bond motifs is 1. The zero-order valence-electron chi connectivity index (χ0n) is 18.9. The van der Waals surface area contributed by atoms with Crippen molar-refractivity contribution in [2.75, 3.05) is 11.5 Å². The third-order valence-corrected chi connectivity index (χ3v) is 6.69. The maximum Gasteiger partial charge on any atom is 0.417 e. The van der Waals surface area contributed by atoms with Crippen molar-refractivity contribution in [3.63, 3.8) is 0 Å². The first-order valence-electron chi connectivity index (χ1n) is 10.8. The highest BCUT2D eigenvalue weighted by molar-refractivity contribution is 7.99. The second-order valence-corrected chi connectivity index (χ2v) is 9.49. The quantitative estimate of drug-likeness (QED) is 0.274. The average molecular weight is 530 g/mol. The zero-order valence-corrected chi connectivity index (χ0v) is 20.4. The highest BCUT2D eigenvalue weighted by Gasteiger charge is 2.31. The van der Waals surface area contributed by atoms with Crippen molar-refractivity contribution in [3.05, 3.63) is 71.8 Å². The maximum absolute atomic E-state index is 12.9. The molecular formula is C24H19ClF3N7S. The fraction of sp³-hybridized carbons (Fsp3) is 0.167. The number of hydrogen-bond acceptors (Lipinski definition) is 6. The molecule has 0 saturated heterocycles. The summed E-state index contributed by atoms with van der Waals surface area (Å²) in [6.45, 7) is 0.340. The van der Waals surface area contributed by atoms with E-state index in [-0.39, 0.29) is 5.82 Å². The third-order valence-electron chi connectivity index (χ3n) is 5.44. The van der Waals surface area contributed by atoms with Gasteiger partial charge >= 0.3 is 6.18 Å². The van der Waals surface area contributed by atoms with Gasteiger partial charge in [0.2, 0.25) is 0 Å². The van der Waals surface area contributed by atoms with Crippen LogP contribution in [-0.2, 0) is 19.8 Å². The molecule has 12 heteroatoms. The first-order chi connectivity index (χ1) is 17.2. The molecule has 5 aromatic rings. The predicted molar refractivity (Wildman–Crippen MR) is 135 cm³/mol. The standard InChI is InChI=1S/C24H19ClF3N7S/c1-34-7-5-18(33-34)21-20(15-11-14-3-2-6-30-19(14)17(25)12-15)32-23(22(29)31-21)36-10-9-35-8-4-16(13-35)24(26,27)28/h2-8,11-13H,9-10H2,1H3,(H2,29,31). The lowest BCUT2D eigenvalue weighted by Gasteiger charge is -2.13. The van der Waals surface area contributed by atoms with Crippen LogP contribution in [-0.4, -0.2) is 35.1 Å². The number of halogens is 4. The van der Waals surface area contributed by atoms with Crippen LogP contribution in [0.25, 0.3) is 33.5 Å². The molecule has 0 radical (unpaired) electrons. The van der Waals surface area contributed by atoms with Gasteiger partial charge in [0.15, 0.2) is 5.82 Å². The van der Waals surface area contributed by atoms with Gasteiger partial charge < -0.3 is 10.3 Å². The number of alkyl halides is 3. The molecule has 0 fully saturated rings. The molecule has 0 atom stereocenters. The summed E-state index contributed by atoms with van der Waals surface area (Å²) in [5.41, 5.74) is 8.59. The average Bonchev–Trinajstić information content (AvgIpc) is 3.49. The molecule has 0 aliphatic heterocycles. The van der Waals surface area contributed by atoms with Gasteiger partial charge in [-0.2, -0.15) is 18.3 Å². The topological polar surface area (TPSA) is 87.4 Å². The van der Waals surface area contributed by atoms with Gasteiger partial charge in [-0.15, -0.1) is 11.8 Å². The number of aromatic nitrogens is 6. The molecule has 0 bridgehead atoms. The number of aryl methyl sites for hydroxylation is 2. The second kappa shape index (κ2) is 9.47. The smallest absolute Gasteiger partial charge is 0.381 e. The molecule has 0 spiro atoms. The minimum absolute atomic E-state index is 0.210. The summed E-state index contributed by atoms with van der Waals surface area (Å²) in [5.74, 6) is 0.650. The Labute approximate surface area is 213 Å². The van der Waals surface area contributed by atoms with Crippen LogP contribution < -0.4 is 5.73 Å². The van der Waals surface area contributed by atoms with Crippen LogP contribution in [0.1, 0.15) is 5.56 Å². The van der Waals surface area contributed by atoms with E-state index in [9.17, 15) is 13.2 Å². The number of nitrogens with zero attached hydrogens (tertiary/aromatic N) is 6. The number of nitrogen functional groups attached to an aromatic ring is 1. The maximum atomic E-state index is 12.9. The molecule has 4 heterocycles. The number of thioether (sulfide) groups is 1. The Hall–Kier alpha value is -3.57. The van der Waals surface area contributed by atoms with Crippen molar-refractivity contribution >= 4 is 40.1 Å². The largest absolute Gasteiger partial charge is 0.417 e. The van der Waals surface area contributed by atoms with E-state index in [0.717, 1.165) is 23.2 Å². The summed E-state index contributed by atoms with van der Waals surface area (Å²) >= 11 is 7.84. The van der Waals surface area contributed by atoms with E-state index in [4.69, 9.17) is 22.3 Å². The lowest BCUT2D eigenvalue weighted by Crippen LogP contribution is -2.05. The molecule has 0 aliphatic rings. The first kappa shape index (κ1) is 24.1. The van der Waals surface area contributed by atoms with E-state index in [1.54, 1.807) is 30.2 Å². The van der Waals surface area contributed by atoms with Gasteiger partial charge in [0.25, 0.3) is 0 Å². The minimum atomic E-state index is -4.37. The molecule has 0 amide bonds. The molecule has 36 heavy (non-hydrogen) atoms. The molecule has 7 nitrogen and oxygen atoms in total. The van der Waals surface area contributed by atoms with Crippen LogP contribution in [0, 0.1) is 0 Å². The zero-order chi connectivity index (χ0) is 25.4. The molecule has 0 saturated carbocycles. The van der Waals surface area contributed by atoms with Gasteiger partial charge in [-0.05, 0) is 30.3 Å². The molecule has 4 aromatic heterocycles. The highest BCUT2D eigenvalue weighted by atomic mass is 35.5. The fourth-order valence-corrected chi connectivity index (χ4v) is 4.86. The van der Waals surface area contributed by atoms with E-state index in [1.807, 2.05) is 24.3 Å². The summed E-state index contributed by atoms with van der Waals surface area (Å²) in [4.78, 5) is 13.8. The van der Waals surface area contributed by atoms with E-state index in [0.29, 0.717) is 44.9 Å². The van der Waals surface area contributed by atoms with Crippen molar-refractivity contribution in [1.29, 1.82) is 0 Å². The summed E-state index contributed by atoms with van der Waals surface area (Å²) in [7, 11) is 1.80. The number of anilines is 1. The molecule has 1 aromatic carbocycles. The number of benzene rings is 1. The molecule has 2 N–H and O–H groups in total. The predicted octanol–water partition coefficient (Wildman–Crippen LogP) is 5.94. The Morgan fingerprint density at radius 3 is 2.64 bits per heavy atom. The molecular weight excluding hydrogens is 511 g/mol. The van der Waals surface area contributed by atoms with Crippen molar-refractivity contribution < 1.29 is 13.2 Å². The van der Waals surface area contributed by atoms with Gasteiger partial charge in [0, 0.05) is 55.1 Å². The van der Waals surface area contributed by atoms with Crippen LogP contribution in [0.15, 0.2) is 66.2 Å².